The van der Waals surface area contributed by atoms with Gasteiger partial charge in [0.2, 0.25) is 25.6 Å². The van der Waals surface area contributed by atoms with Crippen LogP contribution in [0.4, 0.5) is 0 Å². The maximum absolute atomic E-state index is 11.8. The molecule has 0 aromatic carbocycles. The van der Waals surface area contributed by atoms with E-state index in [1.807, 2.05) is 0 Å². The highest BCUT2D eigenvalue weighted by atomic mass is 16.8. The fraction of sp³-hybridized carbons (Fsp3) is 0.882. The van der Waals surface area contributed by atoms with Crippen LogP contribution >= 0.6 is 0 Å². The molecule has 0 aromatic rings. The Hall–Kier alpha value is -2.80. The fourth-order valence-corrected chi connectivity index (χ4v) is 7.99. The lowest BCUT2D eigenvalue weighted by Gasteiger charge is -2.51. The first-order valence-corrected chi connectivity index (χ1v) is 19.1. The number of aliphatic hydroxyl groups is 8. The van der Waals surface area contributed by atoms with E-state index in [9.17, 15) is 60.0 Å². The van der Waals surface area contributed by atoms with Gasteiger partial charge in [0.1, 0.15) is 67.1 Å². The summed E-state index contributed by atoms with van der Waals surface area (Å²) in [6.45, 7) is 7.25. The molecular formula is C34H56N4O21. The minimum absolute atomic E-state index is 0.287. The molecule has 5 aliphatic heterocycles. The second-order valence-corrected chi connectivity index (χ2v) is 15.1. The number of ether oxygens (including phenoxy) is 9. The van der Waals surface area contributed by atoms with Gasteiger partial charge in [-0.05, 0) is 34.6 Å². The van der Waals surface area contributed by atoms with E-state index in [1.54, 1.807) is 0 Å². The van der Waals surface area contributed by atoms with E-state index in [0.717, 1.165) is 0 Å². The van der Waals surface area contributed by atoms with Crippen LogP contribution in [-0.4, -0.2) is 220 Å². The lowest BCUT2D eigenvalue weighted by atomic mass is 9.94. The van der Waals surface area contributed by atoms with Gasteiger partial charge < -0.3 is 105 Å². The van der Waals surface area contributed by atoms with E-state index in [4.69, 9.17) is 42.6 Å². The van der Waals surface area contributed by atoms with Gasteiger partial charge in [-0.3, -0.25) is 19.2 Å². The van der Waals surface area contributed by atoms with E-state index in [1.165, 1.54) is 34.6 Å². The molecule has 25 atom stereocenters. The van der Waals surface area contributed by atoms with Crippen LogP contribution in [0.5, 0.6) is 0 Å². The summed E-state index contributed by atoms with van der Waals surface area (Å²) in [5.41, 5.74) is 0. The van der Waals surface area contributed by atoms with Crippen molar-refractivity contribution >= 4 is 25.6 Å². The Bertz CT molecular complexity index is 1390. The topological polar surface area (TPSA) is 361 Å². The highest BCUT2D eigenvalue weighted by Gasteiger charge is 2.56. The summed E-state index contributed by atoms with van der Waals surface area (Å²) in [7, 11) is 0. The largest absolute Gasteiger partial charge is 0.388 e. The molecule has 59 heavy (non-hydrogen) atoms. The third-order valence-corrected chi connectivity index (χ3v) is 11.3. The minimum atomic E-state index is -1.83. The van der Waals surface area contributed by atoms with Gasteiger partial charge >= 0.3 is 0 Å². The molecule has 12 N–H and O–H groups in total. The van der Waals surface area contributed by atoms with Gasteiger partial charge in [0, 0.05) is 0 Å². The van der Waals surface area contributed by atoms with Gasteiger partial charge in [0.25, 0.3) is 0 Å². The first-order chi connectivity index (χ1) is 28.0. The minimum Gasteiger partial charge on any atom is -0.388 e. The second kappa shape index (κ2) is 20.4. The van der Waals surface area contributed by atoms with Crippen molar-refractivity contribution in [3.8, 4) is 0 Å². The molecule has 5 heterocycles. The van der Waals surface area contributed by atoms with Crippen LogP contribution in [0.2, 0.25) is 0 Å². The number of amides is 4. The molecule has 0 aliphatic carbocycles. The Morgan fingerprint density at radius 3 is 1.02 bits per heavy atom. The van der Waals surface area contributed by atoms with Gasteiger partial charge in [-0.25, -0.2) is 0 Å². The summed E-state index contributed by atoms with van der Waals surface area (Å²) < 4.78 is 53.5. The Morgan fingerprint density at radius 2 is 0.661 bits per heavy atom. The molecule has 5 saturated heterocycles. The quantitative estimate of drug-likeness (QED) is 0.0642. The van der Waals surface area contributed by atoms with E-state index in [-0.39, 0.29) is 6.41 Å². The van der Waals surface area contributed by atoms with Crippen molar-refractivity contribution < 1.29 is 103 Å². The molecule has 0 radical (unpaired) electrons. The van der Waals surface area contributed by atoms with Crippen LogP contribution in [-0.2, 0) is 61.8 Å². The molecule has 25 heteroatoms. The maximum Gasteiger partial charge on any atom is 0.207 e. The number of hydrogen-bond acceptors (Lipinski definition) is 21. The van der Waals surface area contributed by atoms with Crippen molar-refractivity contribution in [2.45, 2.75) is 188 Å². The second-order valence-electron chi connectivity index (χ2n) is 15.1. The molecule has 0 spiro atoms. The maximum atomic E-state index is 11.8. The SMILES string of the molecule is C[C@H]1O[C@H](O)[C@@H](O[C@H]2O[C@H](C)[C@@H](NC=O)[C@H](O)[C@@H]2O[C@H]2O[C@H](C)[C@@H](NC=O)[C@H](O)[C@@H]2O[C@H]2O[C@H](C)[C@@H](NC=O)[C@H](O)[C@@H]2O[C@H]2O[C@H](C)[C@@H](NC=O)[C@H](O)[C@@H]2O)[C@@H](O)[C@@H]1O. The molecule has 0 bridgehead atoms. The van der Waals surface area contributed by atoms with Crippen molar-refractivity contribution in [1.82, 2.24) is 21.3 Å². The standard InChI is InChI=1S/C34H56N4O21/c1-10-15(35-6-39)20(44)25(49)31(52-10)57-27-21(45)16(36-7-40)12(3)54-33(27)59-29-23(47)18(38-9-42)13(4)55-34(29)58-28-22(46)17(37-8-41)11(2)53-32(28)56-26-24(48)19(43)14(5)51-30(26)50/h6-34,43-50H,1-5H3,(H,35,39)(H,36,40)(H,37,41)(H,38,42)/t10-,11-,12-,13-,14-,15-,16-,17-,18-,19-,20+,21+,22+,23+,24+,25+,26+,27+,28+,29+,30+,31-,32-,33-,34-/m1/s1. The average molecular weight is 857 g/mol. The van der Waals surface area contributed by atoms with Crippen molar-refractivity contribution in [1.29, 1.82) is 0 Å². The monoisotopic (exact) mass is 856 g/mol. The zero-order chi connectivity index (χ0) is 43.5. The lowest BCUT2D eigenvalue weighted by Crippen LogP contribution is -2.70. The molecular weight excluding hydrogens is 800 g/mol. The highest BCUT2D eigenvalue weighted by molar-refractivity contribution is 5.48. The molecule has 0 unspecified atom stereocenters. The van der Waals surface area contributed by atoms with Crippen LogP contribution in [0.15, 0.2) is 0 Å². The normalized spacial score (nSPS) is 50.5. The van der Waals surface area contributed by atoms with Crippen LogP contribution in [0.3, 0.4) is 0 Å². The third-order valence-electron chi connectivity index (χ3n) is 11.3. The van der Waals surface area contributed by atoms with Crippen LogP contribution < -0.4 is 21.3 Å². The zero-order valence-electron chi connectivity index (χ0n) is 32.6. The zero-order valence-corrected chi connectivity index (χ0v) is 32.6. The van der Waals surface area contributed by atoms with Gasteiger partial charge in [-0.2, -0.15) is 0 Å². The van der Waals surface area contributed by atoms with Crippen molar-refractivity contribution in [3.63, 3.8) is 0 Å². The smallest absolute Gasteiger partial charge is 0.207 e. The molecule has 25 nitrogen and oxygen atoms in total. The first kappa shape index (κ1) is 47.3. The van der Waals surface area contributed by atoms with Crippen LogP contribution in [0.25, 0.3) is 0 Å². The van der Waals surface area contributed by atoms with Gasteiger partial charge in [-0.1, -0.05) is 0 Å². The molecule has 5 fully saturated rings. The van der Waals surface area contributed by atoms with Crippen LogP contribution in [0.1, 0.15) is 34.6 Å². The summed E-state index contributed by atoms with van der Waals surface area (Å²) in [4.78, 5) is 45.9. The molecule has 5 aliphatic rings. The van der Waals surface area contributed by atoms with E-state index >= 15 is 0 Å². The number of hydrogen-bond donors (Lipinski definition) is 12. The summed E-state index contributed by atoms with van der Waals surface area (Å²) >= 11 is 0. The van der Waals surface area contributed by atoms with Crippen molar-refractivity contribution in [3.05, 3.63) is 0 Å². The summed E-state index contributed by atoms with van der Waals surface area (Å²) in [6, 6.07) is -4.60. The van der Waals surface area contributed by atoms with Gasteiger partial charge in [0.15, 0.2) is 31.5 Å². The fourth-order valence-electron chi connectivity index (χ4n) is 7.99. The van der Waals surface area contributed by atoms with Gasteiger partial charge in [-0.15, -0.1) is 0 Å². The number of nitrogens with one attached hydrogen (secondary N) is 4. The number of rotatable bonds is 16. The Morgan fingerprint density at radius 1 is 0.356 bits per heavy atom. The van der Waals surface area contributed by atoms with Crippen molar-refractivity contribution in [2.24, 2.45) is 0 Å². The average Bonchev–Trinajstić information content (AvgIpc) is 3.18. The van der Waals surface area contributed by atoms with Crippen LogP contribution in [0, 0.1) is 0 Å². The summed E-state index contributed by atoms with van der Waals surface area (Å²) in [6.07, 6.45) is -31.4. The Balaban J connectivity index is 1.48. The third kappa shape index (κ3) is 9.97. The first-order valence-electron chi connectivity index (χ1n) is 19.1. The van der Waals surface area contributed by atoms with E-state index in [2.05, 4.69) is 21.3 Å². The van der Waals surface area contributed by atoms with Gasteiger partial charge in [0.05, 0.1) is 54.7 Å². The molecule has 338 valence electrons. The van der Waals surface area contributed by atoms with E-state index < -0.39 is 153 Å². The summed E-state index contributed by atoms with van der Waals surface area (Å²) in [5.74, 6) is 0. The molecule has 0 aromatic heterocycles. The number of aliphatic hydroxyl groups excluding tert-OH is 8. The highest BCUT2D eigenvalue weighted by Crippen LogP contribution is 2.36. The molecule has 5 rings (SSSR count). The molecule has 0 saturated carbocycles. The number of carbonyl (C=O) groups is 4. The lowest BCUT2D eigenvalue weighted by molar-refractivity contribution is -0.396. The van der Waals surface area contributed by atoms with Crippen molar-refractivity contribution in [2.75, 3.05) is 0 Å². The molecule has 4 amide bonds. The predicted octanol–water partition coefficient (Wildman–Crippen LogP) is -7.77. The number of carbonyl (C=O) groups excluding carboxylic acids is 4. The predicted molar refractivity (Wildman–Crippen MR) is 187 cm³/mol. The Labute approximate surface area is 337 Å². The Kier molecular flexibility index (Phi) is 16.3. The summed E-state index contributed by atoms with van der Waals surface area (Å²) in [5, 5.41) is 98.2. The van der Waals surface area contributed by atoms with E-state index in [0.29, 0.717) is 19.2 Å².